The van der Waals surface area contributed by atoms with Crippen LogP contribution in [0.2, 0.25) is 0 Å². The molecule has 7 heteroatoms. The number of carbonyl (C=O) groups is 1. The number of thioether (sulfide) groups is 1. The van der Waals surface area contributed by atoms with Crippen molar-refractivity contribution in [2.75, 3.05) is 44.2 Å². The van der Waals surface area contributed by atoms with Crippen molar-refractivity contribution in [3.05, 3.63) is 24.3 Å². The molecule has 2 aliphatic heterocycles. The van der Waals surface area contributed by atoms with Crippen molar-refractivity contribution in [1.82, 2.24) is 14.2 Å². The summed E-state index contributed by atoms with van der Waals surface area (Å²) in [5.41, 5.74) is 0. The van der Waals surface area contributed by atoms with Gasteiger partial charge in [0.2, 0.25) is 5.91 Å². The van der Waals surface area contributed by atoms with Crippen molar-refractivity contribution in [2.45, 2.75) is 55.6 Å². The molecule has 1 aromatic carbocycles. The molecule has 1 saturated carbocycles. The van der Waals surface area contributed by atoms with Crippen molar-refractivity contribution >= 4 is 45.1 Å². The van der Waals surface area contributed by atoms with E-state index in [1.807, 2.05) is 11.8 Å². The van der Waals surface area contributed by atoms with E-state index in [0.29, 0.717) is 11.3 Å². The summed E-state index contributed by atoms with van der Waals surface area (Å²) in [5, 5.41) is 1.64. The van der Waals surface area contributed by atoms with Crippen molar-refractivity contribution in [2.24, 2.45) is 0 Å². The lowest BCUT2D eigenvalue weighted by molar-refractivity contribution is -0.132. The number of piperazine rings is 1. The first-order chi connectivity index (χ1) is 14.7. The number of amides is 1. The fourth-order valence-corrected chi connectivity index (χ4v) is 7.85. The lowest BCUT2D eigenvalue weighted by Crippen LogP contribution is -2.47. The first kappa shape index (κ1) is 20.6. The van der Waals surface area contributed by atoms with Crippen molar-refractivity contribution in [3.8, 4) is 0 Å². The predicted molar refractivity (Wildman–Crippen MR) is 127 cm³/mol. The number of aromatic nitrogens is 1. The second-order valence-electron chi connectivity index (χ2n) is 8.96. The van der Waals surface area contributed by atoms with Crippen LogP contribution in [0.4, 0.5) is 5.82 Å². The molecule has 0 radical (unpaired) electrons. The average molecular weight is 445 g/mol. The van der Waals surface area contributed by atoms with E-state index in [9.17, 15) is 4.79 Å². The number of fused-ring (bicyclic) bond motifs is 1. The number of carbonyl (C=O) groups excluding carboxylic acids is 1. The van der Waals surface area contributed by atoms with Crippen LogP contribution in [-0.2, 0) is 4.79 Å². The van der Waals surface area contributed by atoms with Crippen LogP contribution in [0.3, 0.4) is 0 Å². The van der Waals surface area contributed by atoms with Crippen LogP contribution < -0.4 is 4.90 Å². The van der Waals surface area contributed by atoms with Gasteiger partial charge < -0.3 is 9.80 Å². The van der Waals surface area contributed by atoms with Gasteiger partial charge in [0.05, 0.1) is 14.8 Å². The monoisotopic (exact) mass is 444 g/mol. The Hall–Kier alpha value is -1.31. The largest absolute Gasteiger partial charge is 0.353 e. The summed E-state index contributed by atoms with van der Waals surface area (Å²) in [6, 6.07) is 8.54. The average Bonchev–Trinajstić information content (AvgIpc) is 3.46. The predicted octanol–water partition coefficient (Wildman–Crippen LogP) is 4.43. The quantitative estimate of drug-likeness (QED) is 0.616. The van der Waals surface area contributed by atoms with Crippen LogP contribution >= 0.6 is 23.3 Å². The van der Waals surface area contributed by atoms with Crippen LogP contribution in [0.15, 0.2) is 24.3 Å². The number of hydrogen-bond donors (Lipinski definition) is 0. The Kier molecular flexibility index (Phi) is 5.95. The second-order valence-corrected chi connectivity index (χ2v) is 11.5. The molecular formula is C23H32N4OS2. The molecule has 0 bridgehead atoms. The minimum atomic E-state index is -0.0599. The lowest BCUT2D eigenvalue weighted by atomic mass is 10.1. The number of anilines is 1. The highest BCUT2D eigenvalue weighted by molar-refractivity contribution is 8.02. The van der Waals surface area contributed by atoms with E-state index in [2.05, 4.69) is 45.9 Å². The molecular weight excluding hydrogens is 412 g/mol. The molecule has 2 saturated heterocycles. The standard InChI is InChI=1S/C23H32N4OS2/c1-18-27(22(28)23(29-18)10-4-5-11-23)13-7-6-12-25-14-16-26(17-15-25)21-19-8-2-3-9-20(19)30-24-21/h2-3,8-9,18H,4-7,10-17H2,1H3. The van der Waals surface area contributed by atoms with Crippen LogP contribution in [0, 0.1) is 0 Å². The molecule has 2 aromatic rings. The third-order valence-electron chi connectivity index (χ3n) is 7.05. The van der Waals surface area contributed by atoms with E-state index in [1.165, 1.54) is 29.3 Å². The Morgan fingerprint density at radius 2 is 1.80 bits per heavy atom. The van der Waals surface area contributed by atoms with Gasteiger partial charge in [-0.15, -0.1) is 11.8 Å². The molecule has 3 heterocycles. The Morgan fingerprint density at radius 1 is 1.07 bits per heavy atom. The molecule has 1 unspecified atom stereocenters. The molecule has 0 N–H and O–H groups in total. The molecule has 5 rings (SSSR count). The third-order valence-corrected chi connectivity index (χ3v) is 9.50. The first-order valence-corrected chi connectivity index (χ1v) is 13.1. The van der Waals surface area contributed by atoms with Gasteiger partial charge in [-0.25, -0.2) is 0 Å². The van der Waals surface area contributed by atoms with E-state index in [0.717, 1.165) is 64.3 Å². The Bertz CT molecular complexity index is 886. The van der Waals surface area contributed by atoms with Crippen LogP contribution in [-0.4, -0.2) is 69.5 Å². The van der Waals surface area contributed by atoms with Gasteiger partial charge in [0.25, 0.3) is 0 Å². The molecule has 1 aliphatic carbocycles. The van der Waals surface area contributed by atoms with Gasteiger partial charge in [-0.05, 0) is 62.8 Å². The number of benzene rings is 1. The number of rotatable bonds is 6. The van der Waals surface area contributed by atoms with Gasteiger partial charge in [-0.2, -0.15) is 4.37 Å². The number of hydrogen-bond acceptors (Lipinski definition) is 6. The minimum Gasteiger partial charge on any atom is -0.353 e. The molecule has 1 spiro atoms. The summed E-state index contributed by atoms with van der Waals surface area (Å²) < 4.78 is 5.93. The van der Waals surface area contributed by atoms with Crippen molar-refractivity contribution in [1.29, 1.82) is 0 Å². The maximum absolute atomic E-state index is 13.0. The fourth-order valence-electron chi connectivity index (χ4n) is 5.33. The minimum absolute atomic E-state index is 0.0599. The number of unbranched alkanes of at least 4 members (excludes halogenated alkanes) is 1. The SMILES string of the molecule is CC1SC2(CCCC2)C(=O)N1CCCCN1CCN(c2nsc3ccccc23)CC1. The maximum atomic E-state index is 13.0. The fraction of sp³-hybridized carbons (Fsp3) is 0.652. The van der Waals surface area contributed by atoms with Gasteiger partial charge in [0, 0.05) is 38.1 Å². The summed E-state index contributed by atoms with van der Waals surface area (Å²) >= 11 is 3.54. The highest BCUT2D eigenvalue weighted by Crippen LogP contribution is 2.50. The van der Waals surface area contributed by atoms with E-state index >= 15 is 0 Å². The molecule has 30 heavy (non-hydrogen) atoms. The smallest absolute Gasteiger partial charge is 0.239 e. The zero-order chi connectivity index (χ0) is 20.6. The first-order valence-electron chi connectivity index (χ1n) is 11.5. The van der Waals surface area contributed by atoms with Crippen LogP contribution in [0.25, 0.3) is 10.1 Å². The molecule has 3 aliphatic rings. The van der Waals surface area contributed by atoms with E-state index in [4.69, 9.17) is 4.37 Å². The third kappa shape index (κ3) is 3.84. The Labute approximate surface area is 187 Å². The molecule has 1 amide bonds. The normalized spacial score (nSPS) is 24.6. The van der Waals surface area contributed by atoms with Crippen LogP contribution in [0.1, 0.15) is 45.4 Å². The second kappa shape index (κ2) is 8.67. The molecule has 3 fully saturated rings. The van der Waals surface area contributed by atoms with E-state index in [1.54, 1.807) is 11.5 Å². The number of nitrogens with zero attached hydrogens (tertiary/aromatic N) is 4. The van der Waals surface area contributed by atoms with E-state index < -0.39 is 0 Å². The van der Waals surface area contributed by atoms with Gasteiger partial charge in [0.15, 0.2) is 0 Å². The molecule has 162 valence electrons. The summed E-state index contributed by atoms with van der Waals surface area (Å²) in [7, 11) is 0. The Morgan fingerprint density at radius 3 is 2.60 bits per heavy atom. The summed E-state index contributed by atoms with van der Waals surface area (Å²) in [4.78, 5) is 20.1. The van der Waals surface area contributed by atoms with Crippen LogP contribution in [0.5, 0.6) is 0 Å². The topological polar surface area (TPSA) is 39.7 Å². The molecule has 1 aromatic heterocycles. The highest BCUT2D eigenvalue weighted by Gasteiger charge is 2.51. The zero-order valence-corrected chi connectivity index (χ0v) is 19.5. The summed E-state index contributed by atoms with van der Waals surface area (Å²) in [6.07, 6.45) is 6.92. The molecule has 5 nitrogen and oxygen atoms in total. The van der Waals surface area contributed by atoms with Crippen molar-refractivity contribution < 1.29 is 4.79 Å². The van der Waals surface area contributed by atoms with Gasteiger partial charge >= 0.3 is 0 Å². The summed E-state index contributed by atoms with van der Waals surface area (Å²) in [5.74, 6) is 1.59. The Balaban J connectivity index is 1.06. The van der Waals surface area contributed by atoms with E-state index in [-0.39, 0.29) is 4.75 Å². The maximum Gasteiger partial charge on any atom is 0.239 e. The zero-order valence-electron chi connectivity index (χ0n) is 17.9. The van der Waals surface area contributed by atoms with Crippen molar-refractivity contribution in [3.63, 3.8) is 0 Å². The van der Waals surface area contributed by atoms with Gasteiger partial charge in [-0.3, -0.25) is 9.69 Å². The van der Waals surface area contributed by atoms with Gasteiger partial charge in [-0.1, -0.05) is 25.0 Å². The highest BCUT2D eigenvalue weighted by atomic mass is 32.2. The van der Waals surface area contributed by atoms with Gasteiger partial charge in [0.1, 0.15) is 5.82 Å². The molecule has 1 atom stereocenters. The lowest BCUT2D eigenvalue weighted by Gasteiger charge is -2.35. The summed E-state index contributed by atoms with van der Waals surface area (Å²) in [6.45, 7) is 8.59.